The predicted octanol–water partition coefficient (Wildman–Crippen LogP) is 7.82. The van der Waals surface area contributed by atoms with Gasteiger partial charge in [0.05, 0.1) is 27.8 Å². The molecule has 0 saturated heterocycles. The maximum absolute atomic E-state index is 14.8. The summed E-state index contributed by atoms with van der Waals surface area (Å²) in [6, 6.07) is 6.45. The molecule has 3 aromatic rings. The molecule has 6 nitrogen and oxygen atoms in total. The Hall–Kier alpha value is -3.48. The van der Waals surface area contributed by atoms with Crippen LogP contribution >= 0.6 is 34.8 Å². The monoisotopic (exact) mass is 651 g/mol. The molecule has 1 fully saturated rings. The number of carbonyl (C=O) groups is 3. The highest BCUT2D eigenvalue weighted by Gasteiger charge is 2.67. The van der Waals surface area contributed by atoms with Gasteiger partial charge in [-0.3, -0.25) is 14.4 Å². The minimum absolute atomic E-state index is 0.00966. The molecule has 15 heteroatoms. The number of hydrogen-bond acceptors (Lipinski definition) is 3. The van der Waals surface area contributed by atoms with Crippen LogP contribution in [0.25, 0.3) is 0 Å². The second-order valence-electron chi connectivity index (χ2n) is 9.43. The number of halogens is 9. The van der Waals surface area contributed by atoms with Gasteiger partial charge in [-0.2, -0.15) is 13.2 Å². The average molecular weight is 653 g/mol. The van der Waals surface area contributed by atoms with Crippen LogP contribution in [0.1, 0.15) is 39.9 Å². The third-order valence-electron chi connectivity index (χ3n) is 6.40. The zero-order chi connectivity index (χ0) is 31.3. The molecule has 222 valence electrons. The maximum atomic E-state index is 14.8. The SMILES string of the molecule is CC(=O)Nc1c(F)ccc(NC(=O)c2cc(NC(=O)[C@H]3[C@H](c4ccc(F)c(C(F)(F)F)c4)C3(Cl)Cl)cc(C)c2Cl)c1F. The van der Waals surface area contributed by atoms with Gasteiger partial charge in [0.2, 0.25) is 11.8 Å². The lowest BCUT2D eigenvalue weighted by Crippen LogP contribution is -2.19. The van der Waals surface area contributed by atoms with Crippen LogP contribution in [0.4, 0.5) is 43.4 Å². The molecule has 0 aliphatic heterocycles. The first kappa shape index (κ1) is 31.5. The van der Waals surface area contributed by atoms with Crippen molar-refractivity contribution in [3.8, 4) is 0 Å². The first-order valence-corrected chi connectivity index (χ1v) is 13.0. The predicted molar refractivity (Wildman–Crippen MR) is 146 cm³/mol. The first-order valence-electron chi connectivity index (χ1n) is 11.9. The van der Waals surface area contributed by atoms with Crippen molar-refractivity contribution >= 4 is 69.6 Å². The number of aryl methyl sites for hydroxylation is 1. The second-order valence-corrected chi connectivity index (χ2v) is 11.3. The summed E-state index contributed by atoms with van der Waals surface area (Å²) >= 11 is 18.7. The van der Waals surface area contributed by atoms with E-state index < -0.39 is 74.5 Å². The number of rotatable bonds is 6. The van der Waals surface area contributed by atoms with Crippen LogP contribution in [0, 0.1) is 30.3 Å². The quantitative estimate of drug-likeness (QED) is 0.188. The summed E-state index contributed by atoms with van der Waals surface area (Å²) in [4.78, 5) is 37.3. The Morgan fingerprint density at radius 1 is 0.905 bits per heavy atom. The van der Waals surface area contributed by atoms with E-state index in [0.717, 1.165) is 31.2 Å². The fraction of sp³-hybridized carbons (Fsp3) is 0.222. The number of benzene rings is 3. The van der Waals surface area contributed by atoms with Gasteiger partial charge in [0.1, 0.15) is 21.7 Å². The highest BCUT2D eigenvalue weighted by molar-refractivity contribution is 6.53. The molecule has 3 aromatic carbocycles. The Bertz CT molecular complexity index is 1630. The van der Waals surface area contributed by atoms with Gasteiger partial charge in [0, 0.05) is 18.5 Å². The van der Waals surface area contributed by atoms with E-state index in [0.29, 0.717) is 17.7 Å². The molecule has 3 N–H and O–H groups in total. The van der Waals surface area contributed by atoms with Gasteiger partial charge in [-0.05, 0) is 54.4 Å². The number of hydrogen-bond donors (Lipinski definition) is 3. The summed E-state index contributed by atoms with van der Waals surface area (Å²) in [6.45, 7) is 2.53. The van der Waals surface area contributed by atoms with E-state index in [2.05, 4.69) is 10.6 Å². The third-order valence-corrected chi connectivity index (χ3v) is 7.84. The molecule has 0 spiro atoms. The molecule has 1 aliphatic rings. The number of anilines is 3. The van der Waals surface area contributed by atoms with Gasteiger partial charge < -0.3 is 16.0 Å². The summed E-state index contributed by atoms with van der Waals surface area (Å²) in [6.07, 6.45) is -4.99. The Morgan fingerprint density at radius 3 is 2.17 bits per heavy atom. The molecule has 2 atom stereocenters. The van der Waals surface area contributed by atoms with Gasteiger partial charge in [0.15, 0.2) is 5.82 Å². The molecule has 3 amide bonds. The molecular weight excluding hydrogens is 635 g/mol. The number of amides is 3. The summed E-state index contributed by atoms with van der Waals surface area (Å²) in [5, 5.41) is 6.61. The van der Waals surface area contributed by atoms with E-state index in [1.807, 2.05) is 5.32 Å². The van der Waals surface area contributed by atoms with Crippen LogP contribution < -0.4 is 16.0 Å². The van der Waals surface area contributed by atoms with Crippen LogP contribution in [0.2, 0.25) is 5.02 Å². The number of carbonyl (C=O) groups excluding carboxylic acids is 3. The van der Waals surface area contributed by atoms with Crippen LogP contribution in [0.5, 0.6) is 0 Å². The lowest BCUT2D eigenvalue weighted by Gasteiger charge is -2.14. The highest BCUT2D eigenvalue weighted by atomic mass is 35.5. The minimum Gasteiger partial charge on any atom is -0.326 e. The smallest absolute Gasteiger partial charge is 0.326 e. The zero-order valence-corrected chi connectivity index (χ0v) is 23.6. The van der Waals surface area contributed by atoms with Crippen molar-refractivity contribution in [2.45, 2.75) is 30.3 Å². The van der Waals surface area contributed by atoms with Crippen molar-refractivity contribution in [1.82, 2.24) is 0 Å². The first-order chi connectivity index (χ1) is 19.4. The normalized spacial score (nSPS) is 17.4. The van der Waals surface area contributed by atoms with E-state index in [1.165, 1.54) is 13.0 Å². The fourth-order valence-electron chi connectivity index (χ4n) is 4.38. The third kappa shape index (κ3) is 6.16. The molecule has 0 bridgehead atoms. The fourth-order valence-corrected chi connectivity index (χ4v) is 5.40. The molecule has 0 radical (unpaired) electrons. The Balaban J connectivity index is 1.57. The van der Waals surface area contributed by atoms with Crippen molar-refractivity contribution < 1.29 is 40.7 Å². The molecule has 1 aliphatic carbocycles. The van der Waals surface area contributed by atoms with Crippen LogP contribution in [-0.2, 0) is 15.8 Å². The molecule has 0 aromatic heterocycles. The van der Waals surface area contributed by atoms with Crippen molar-refractivity contribution in [2.24, 2.45) is 5.92 Å². The van der Waals surface area contributed by atoms with E-state index >= 15 is 0 Å². The van der Waals surface area contributed by atoms with E-state index in [1.54, 1.807) is 0 Å². The van der Waals surface area contributed by atoms with E-state index in [-0.39, 0.29) is 21.8 Å². The number of alkyl halides is 5. The molecule has 4 rings (SSSR count). The largest absolute Gasteiger partial charge is 0.419 e. The summed E-state index contributed by atoms with van der Waals surface area (Å²) in [5.41, 5.74) is -2.85. The van der Waals surface area contributed by atoms with Gasteiger partial charge in [-0.1, -0.05) is 17.7 Å². The highest BCUT2D eigenvalue weighted by Crippen LogP contribution is 2.65. The molecule has 1 saturated carbocycles. The minimum atomic E-state index is -4.99. The molecule has 42 heavy (non-hydrogen) atoms. The van der Waals surface area contributed by atoms with Crippen molar-refractivity contribution in [2.75, 3.05) is 16.0 Å². The van der Waals surface area contributed by atoms with E-state index in [9.17, 15) is 40.7 Å². The summed E-state index contributed by atoms with van der Waals surface area (Å²) < 4.78 is 80.3. The zero-order valence-electron chi connectivity index (χ0n) is 21.3. The Morgan fingerprint density at radius 2 is 1.55 bits per heavy atom. The molecule has 0 unspecified atom stereocenters. The second kappa shape index (κ2) is 11.3. The van der Waals surface area contributed by atoms with Crippen LogP contribution in [0.3, 0.4) is 0 Å². The van der Waals surface area contributed by atoms with Crippen molar-refractivity contribution in [3.05, 3.63) is 87.2 Å². The molecule has 0 heterocycles. The Kier molecular flexibility index (Phi) is 8.47. The maximum Gasteiger partial charge on any atom is 0.419 e. The van der Waals surface area contributed by atoms with Crippen molar-refractivity contribution in [3.63, 3.8) is 0 Å². The average Bonchev–Trinajstić information content (AvgIpc) is 3.46. The lowest BCUT2D eigenvalue weighted by atomic mass is 10.0. The summed E-state index contributed by atoms with van der Waals surface area (Å²) in [7, 11) is 0. The number of nitrogens with one attached hydrogen (secondary N) is 3. The van der Waals surface area contributed by atoms with E-state index in [4.69, 9.17) is 34.8 Å². The van der Waals surface area contributed by atoms with Gasteiger partial charge in [-0.25, -0.2) is 13.2 Å². The van der Waals surface area contributed by atoms with Gasteiger partial charge >= 0.3 is 6.18 Å². The lowest BCUT2D eigenvalue weighted by molar-refractivity contribution is -0.140. The standard InChI is InChI=1S/C27H18Cl3F6N3O3/c1-10-7-13(9-14(21(10)28)24(41)39-18-6-5-17(32)23(22(18)33)37-11(2)40)38-25(42)20-19(26(20,29)30)12-3-4-16(31)15(8-12)27(34,35)36/h3-9,19-20H,1-2H3,(H,37,40)(H,38,42)(H,39,41)/t19-,20+/m0/s1. The van der Waals surface area contributed by atoms with Gasteiger partial charge in [0.25, 0.3) is 5.91 Å². The summed E-state index contributed by atoms with van der Waals surface area (Å²) in [5.74, 6) is -8.74. The van der Waals surface area contributed by atoms with Crippen molar-refractivity contribution in [1.29, 1.82) is 0 Å². The van der Waals surface area contributed by atoms with Gasteiger partial charge in [-0.15, -0.1) is 23.2 Å². The van der Waals surface area contributed by atoms with Crippen LogP contribution in [-0.4, -0.2) is 22.1 Å². The Labute approximate surface area is 249 Å². The topological polar surface area (TPSA) is 87.3 Å². The molecular formula is C27H18Cl3F6N3O3. The van der Waals surface area contributed by atoms with Crippen LogP contribution in [0.15, 0.2) is 42.5 Å².